The van der Waals surface area contributed by atoms with Gasteiger partial charge in [0.2, 0.25) is 0 Å². The first-order valence-electron chi connectivity index (χ1n) is 3.89. The molecule has 0 radical (unpaired) electrons. The van der Waals surface area contributed by atoms with Crippen molar-refractivity contribution in [3.63, 3.8) is 0 Å². The summed E-state index contributed by atoms with van der Waals surface area (Å²) in [7, 11) is 0. The van der Waals surface area contributed by atoms with Crippen LogP contribution in [0.1, 0.15) is 19.8 Å². The molecular weight excluding hydrogens is 164 g/mol. The first kappa shape index (κ1) is 10.6. The molecule has 0 aliphatic carbocycles. The zero-order chi connectivity index (χ0) is 8.53. The standard InChI is InChI=1S/C7H15ClN2O/c1-2-3-5-9-7(11)10-6-4-8/h2-6H2,1H3,(H2,9,10,11). The molecule has 0 aliphatic heterocycles. The lowest BCUT2D eigenvalue weighted by Gasteiger charge is -2.04. The van der Waals surface area contributed by atoms with Crippen molar-refractivity contribution in [2.75, 3.05) is 19.0 Å². The van der Waals surface area contributed by atoms with Crippen LogP contribution >= 0.6 is 11.6 Å². The zero-order valence-electron chi connectivity index (χ0n) is 6.82. The van der Waals surface area contributed by atoms with Crippen LogP contribution in [0.25, 0.3) is 0 Å². The van der Waals surface area contributed by atoms with E-state index in [9.17, 15) is 4.79 Å². The van der Waals surface area contributed by atoms with Crippen molar-refractivity contribution in [1.29, 1.82) is 0 Å². The smallest absolute Gasteiger partial charge is 0.314 e. The Hall–Kier alpha value is -0.440. The van der Waals surface area contributed by atoms with Crippen molar-refractivity contribution in [3.8, 4) is 0 Å². The Morgan fingerprint density at radius 1 is 1.36 bits per heavy atom. The van der Waals surface area contributed by atoms with E-state index in [4.69, 9.17) is 11.6 Å². The lowest BCUT2D eigenvalue weighted by atomic mass is 10.3. The Kier molecular flexibility index (Phi) is 7.36. The highest BCUT2D eigenvalue weighted by Crippen LogP contribution is 1.81. The molecular formula is C7H15ClN2O. The minimum Gasteiger partial charge on any atom is -0.338 e. The van der Waals surface area contributed by atoms with Gasteiger partial charge in [0, 0.05) is 19.0 Å². The van der Waals surface area contributed by atoms with Gasteiger partial charge in [-0.05, 0) is 6.42 Å². The van der Waals surface area contributed by atoms with Crippen molar-refractivity contribution in [2.45, 2.75) is 19.8 Å². The lowest BCUT2D eigenvalue weighted by molar-refractivity contribution is 0.241. The molecule has 0 spiro atoms. The number of rotatable bonds is 5. The topological polar surface area (TPSA) is 41.1 Å². The maximum atomic E-state index is 10.8. The molecule has 66 valence electrons. The maximum absolute atomic E-state index is 10.8. The molecule has 0 aromatic heterocycles. The second-order valence-corrected chi connectivity index (χ2v) is 2.60. The molecule has 0 saturated carbocycles. The third kappa shape index (κ3) is 7.46. The van der Waals surface area contributed by atoms with E-state index in [2.05, 4.69) is 17.6 Å². The van der Waals surface area contributed by atoms with E-state index in [1.807, 2.05) is 0 Å². The van der Waals surface area contributed by atoms with E-state index < -0.39 is 0 Å². The number of halogens is 1. The van der Waals surface area contributed by atoms with E-state index in [0.29, 0.717) is 12.4 Å². The third-order valence-electron chi connectivity index (χ3n) is 1.20. The Bertz CT molecular complexity index is 109. The maximum Gasteiger partial charge on any atom is 0.314 e. The van der Waals surface area contributed by atoms with E-state index in [0.717, 1.165) is 19.4 Å². The van der Waals surface area contributed by atoms with Gasteiger partial charge in [-0.25, -0.2) is 4.79 Å². The predicted octanol–water partition coefficient (Wildman–Crippen LogP) is 1.32. The SMILES string of the molecule is CCCCNC(=O)NCCCl. The molecule has 2 amide bonds. The number of carbonyl (C=O) groups excluding carboxylic acids is 1. The van der Waals surface area contributed by atoms with Crippen LogP contribution in [0.4, 0.5) is 4.79 Å². The molecule has 2 N–H and O–H groups in total. The summed E-state index contributed by atoms with van der Waals surface area (Å²) in [4.78, 5) is 10.8. The van der Waals surface area contributed by atoms with Crippen LogP contribution in [0, 0.1) is 0 Å². The van der Waals surface area contributed by atoms with Gasteiger partial charge in [0.05, 0.1) is 0 Å². The molecule has 0 heterocycles. The van der Waals surface area contributed by atoms with Crippen molar-refractivity contribution < 1.29 is 4.79 Å². The lowest BCUT2D eigenvalue weighted by Crippen LogP contribution is -2.36. The van der Waals surface area contributed by atoms with Crippen molar-refractivity contribution in [1.82, 2.24) is 10.6 Å². The molecule has 0 fully saturated rings. The summed E-state index contributed by atoms with van der Waals surface area (Å²) in [6.07, 6.45) is 2.12. The predicted molar refractivity (Wildman–Crippen MR) is 47.0 cm³/mol. The number of carbonyl (C=O) groups is 1. The van der Waals surface area contributed by atoms with Gasteiger partial charge in [0.25, 0.3) is 0 Å². The average Bonchev–Trinajstić information content (AvgIpc) is 2.01. The Morgan fingerprint density at radius 3 is 2.55 bits per heavy atom. The first-order valence-corrected chi connectivity index (χ1v) is 4.42. The number of nitrogens with one attached hydrogen (secondary N) is 2. The number of unbranched alkanes of at least 4 members (excludes halogenated alkanes) is 1. The largest absolute Gasteiger partial charge is 0.338 e. The van der Waals surface area contributed by atoms with Gasteiger partial charge in [-0.3, -0.25) is 0 Å². The van der Waals surface area contributed by atoms with Crippen LogP contribution < -0.4 is 10.6 Å². The van der Waals surface area contributed by atoms with Crippen LogP contribution in [-0.4, -0.2) is 25.0 Å². The first-order chi connectivity index (χ1) is 5.31. The van der Waals surface area contributed by atoms with Crippen LogP contribution in [0.2, 0.25) is 0 Å². The molecule has 0 unspecified atom stereocenters. The Morgan fingerprint density at radius 2 is 2.00 bits per heavy atom. The second kappa shape index (κ2) is 7.66. The quantitative estimate of drug-likeness (QED) is 0.484. The molecule has 4 heteroatoms. The Balaban J connectivity index is 3.09. The Labute approximate surface area is 72.5 Å². The third-order valence-corrected chi connectivity index (χ3v) is 1.38. The molecule has 0 aliphatic rings. The molecule has 0 atom stereocenters. The fourth-order valence-corrected chi connectivity index (χ4v) is 0.696. The molecule has 0 aromatic rings. The molecule has 0 rings (SSSR count). The monoisotopic (exact) mass is 178 g/mol. The normalized spacial score (nSPS) is 9.27. The van der Waals surface area contributed by atoms with Gasteiger partial charge in [-0.1, -0.05) is 13.3 Å². The summed E-state index contributed by atoms with van der Waals surface area (Å²) in [5.74, 6) is 0.460. The highest BCUT2D eigenvalue weighted by molar-refractivity contribution is 6.18. The summed E-state index contributed by atoms with van der Waals surface area (Å²) in [6.45, 7) is 3.35. The van der Waals surface area contributed by atoms with Crippen LogP contribution in [0.15, 0.2) is 0 Å². The van der Waals surface area contributed by atoms with E-state index >= 15 is 0 Å². The summed E-state index contributed by atoms with van der Waals surface area (Å²) in [5, 5.41) is 5.32. The van der Waals surface area contributed by atoms with E-state index in [-0.39, 0.29) is 6.03 Å². The average molecular weight is 179 g/mol. The summed E-state index contributed by atoms with van der Waals surface area (Å²) in [6, 6.07) is -0.126. The fraction of sp³-hybridized carbons (Fsp3) is 0.857. The fourth-order valence-electron chi connectivity index (χ4n) is 0.602. The molecule has 0 saturated heterocycles. The summed E-state index contributed by atoms with van der Waals surface area (Å²) >= 11 is 5.36. The van der Waals surface area contributed by atoms with Gasteiger partial charge in [-0.15, -0.1) is 11.6 Å². The second-order valence-electron chi connectivity index (χ2n) is 2.23. The number of amides is 2. The molecule has 11 heavy (non-hydrogen) atoms. The van der Waals surface area contributed by atoms with Crippen molar-refractivity contribution >= 4 is 17.6 Å². The van der Waals surface area contributed by atoms with Crippen LogP contribution in [-0.2, 0) is 0 Å². The minimum absolute atomic E-state index is 0.126. The number of hydrogen-bond acceptors (Lipinski definition) is 1. The minimum atomic E-state index is -0.126. The van der Waals surface area contributed by atoms with Gasteiger partial charge in [-0.2, -0.15) is 0 Å². The van der Waals surface area contributed by atoms with Crippen molar-refractivity contribution in [2.24, 2.45) is 0 Å². The molecule has 0 bridgehead atoms. The van der Waals surface area contributed by atoms with Gasteiger partial charge >= 0.3 is 6.03 Å². The van der Waals surface area contributed by atoms with Gasteiger partial charge in [0.1, 0.15) is 0 Å². The number of urea groups is 1. The summed E-state index contributed by atoms with van der Waals surface area (Å²) < 4.78 is 0. The highest BCUT2D eigenvalue weighted by Gasteiger charge is 1.95. The van der Waals surface area contributed by atoms with Crippen LogP contribution in [0.3, 0.4) is 0 Å². The number of alkyl halides is 1. The zero-order valence-corrected chi connectivity index (χ0v) is 7.58. The number of hydrogen-bond donors (Lipinski definition) is 2. The van der Waals surface area contributed by atoms with Crippen LogP contribution in [0.5, 0.6) is 0 Å². The highest BCUT2D eigenvalue weighted by atomic mass is 35.5. The van der Waals surface area contributed by atoms with E-state index in [1.165, 1.54) is 0 Å². The van der Waals surface area contributed by atoms with Gasteiger partial charge in [0.15, 0.2) is 0 Å². The van der Waals surface area contributed by atoms with Crippen molar-refractivity contribution in [3.05, 3.63) is 0 Å². The summed E-state index contributed by atoms with van der Waals surface area (Å²) in [5.41, 5.74) is 0. The van der Waals surface area contributed by atoms with E-state index in [1.54, 1.807) is 0 Å². The van der Waals surface area contributed by atoms with Gasteiger partial charge < -0.3 is 10.6 Å². The molecule has 0 aromatic carbocycles. The molecule has 3 nitrogen and oxygen atoms in total.